The number of amides is 1. The number of nitrogens with zero attached hydrogens (tertiary/aromatic N) is 3. The van der Waals surface area contributed by atoms with E-state index in [1.165, 1.54) is 18.3 Å². The lowest BCUT2D eigenvalue weighted by molar-refractivity contribution is 0.0943. The number of nitrogens with one attached hydrogen (secondary N) is 2. The third-order valence-corrected chi connectivity index (χ3v) is 5.17. The fourth-order valence-electron chi connectivity index (χ4n) is 3.41. The van der Waals surface area contributed by atoms with Crippen molar-refractivity contribution in [3.63, 3.8) is 0 Å². The maximum absolute atomic E-state index is 13.5. The molecular weight excluding hydrogens is 345 g/mol. The van der Waals surface area contributed by atoms with Crippen LogP contribution in [0.3, 0.4) is 0 Å². The monoisotopic (exact) mass is 367 g/mol. The van der Waals surface area contributed by atoms with Crippen molar-refractivity contribution in [3.8, 4) is 11.3 Å². The number of hydrogen-bond donors (Lipinski definition) is 2. The molecule has 0 unspecified atom stereocenters. The van der Waals surface area contributed by atoms with E-state index in [1.54, 1.807) is 12.1 Å². The van der Waals surface area contributed by atoms with E-state index in [-0.39, 0.29) is 17.1 Å². The molecule has 0 aliphatic heterocycles. The van der Waals surface area contributed by atoms with Crippen molar-refractivity contribution in [3.05, 3.63) is 59.3 Å². The molecule has 2 heterocycles. The third kappa shape index (κ3) is 3.63. The number of aromatic nitrogens is 4. The first kappa shape index (κ1) is 17.5. The molecule has 2 N–H and O–H groups in total. The van der Waals surface area contributed by atoms with E-state index in [9.17, 15) is 9.18 Å². The van der Waals surface area contributed by atoms with Crippen LogP contribution in [-0.4, -0.2) is 32.4 Å². The fraction of sp³-hybridized carbons (Fsp3) is 0.350. The molecule has 3 aromatic rings. The number of carbonyl (C=O) groups excluding carboxylic acids is 1. The predicted octanol–water partition coefficient (Wildman–Crippen LogP) is 3.24. The molecule has 6 nitrogen and oxygen atoms in total. The van der Waals surface area contributed by atoms with Gasteiger partial charge >= 0.3 is 0 Å². The van der Waals surface area contributed by atoms with Gasteiger partial charge in [0.15, 0.2) is 0 Å². The third-order valence-electron chi connectivity index (χ3n) is 5.17. The van der Waals surface area contributed by atoms with Crippen molar-refractivity contribution in [2.75, 3.05) is 6.54 Å². The summed E-state index contributed by atoms with van der Waals surface area (Å²) in [6.45, 7) is 5.41. The molecule has 0 bridgehead atoms. The molecule has 2 aromatic heterocycles. The van der Waals surface area contributed by atoms with Gasteiger partial charge in [-0.3, -0.25) is 14.6 Å². The van der Waals surface area contributed by atoms with Gasteiger partial charge in [0.05, 0.1) is 23.1 Å². The van der Waals surface area contributed by atoms with Gasteiger partial charge in [-0.05, 0) is 44.9 Å². The Morgan fingerprint density at radius 1 is 1.33 bits per heavy atom. The van der Waals surface area contributed by atoms with E-state index < -0.39 is 0 Å². The lowest BCUT2D eigenvalue weighted by Crippen LogP contribution is -2.32. The van der Waals surface area contributed by atoms with Crippen LogP contribution in [0.25, 0.3) is 11.3 Å². The Labute approximate surface area is 156 Å². The Balaban J connectivity index is 1.45. The summed E-state index contributed by atoms with van der Waals surface area (Å²) < 4.78 is 15.5. The van der Waals surface area contributed by atoms with E-state index in [1.807, 2.05) is 18.5 Å². The van der Waals surface area contributed by atoms with Crippen LogP contribution in [0.4, 0.5) is 4.39 Å². The topological polar surface area (TPSA) is 75.6 Å². The number of hydrogen-bond acceptors (Lipinski definition) is 3. The minimum Gasteiger partial charge on any atom is -0.351 e. The van der Waals surface area contributed by atoms with Gasteiger partial charge in [-0.1, -0.05) is 12.1 Å². The zero-order valence-electron chi connectivity index (χ0n) is 15.4. The number of carbonyl (C=O) groups is 1. The molecule has 4 rings (SSSR count). The predicted molar refractivity (Wildman–Crippen MR) is 99.7 cm³/mol. The number of benzene rings is 1. The van der Waals surface area contributed by atoms with Crippen molar-refractivity contribution in [2.24, 2.45) is 5.41 Å². The van der Waals surface area contributed by atoms with Gasteiger partial charge in [0, 0.05) is 29.8 Å². The molecule has 1 aliphatic carbocycles. The fourth-order valence-corrected chi connectivity index (χ4v) is 3.41. The van der Waals surface area contributed by atoms with Crippen molar-refractivity contribution in [1.82, 2.24) is 25.3 Å². The highest BCUT2D eigenvalue weighted by molar-refractivity contribution is 5.99. The zero-order valence-corrected chi connectivity index (χ0v) is 15.4. The summed E-state index contributed by atoms with van der Waals surface area (Å²) in [5.41, 5.74) is 3.74. The van der Waals surface area contributed by atoms with E-state index in [2.05, 4.69) is 26.7 Å². The Bertz CT molecular complexity index is 986. The molecule has 1 aromatic carbocycles. The number of aromatic amines is 1. The molecule has 1 fully saturated rings. The van der Waals surface area contributed by atoms with Crippen LogP contribution in [0.15, 0.2) is 36.5 Å². The smallest absolute Gasteiger partial charge is 0.255 e. The van der Waals surface area contributed by atoms with E-state index in [4.69, 9.17) is 0 Å². The van der Waals surface area contributed by atoms with E-state index in [0.717, 1.165) is 30.8 Å². The van der Waals surface area contributed by atoms with E-state index >= 15 is 0 Å². The SMILES string of the molecule is Cc1cc(C)n(CC2(CNC(=O)c3cn[nH]c3-c3cccc(F)c3)CC2)n1. The van der Waals surface area contributed by atoms with Gasteiger partial charge in [0.2, 0.25) is 0 Å². The average Bonchev–Trinajstić information content (AvgIpc) is 3.08. The van der Waals surface area contributed by atoms with Gasteiger partial charge in [-0.25, -0.2) is 4.39 Å². The summed E-state index contributed by atoms with van der Waals surface area (Å²) in [7, 11) is 0. The molecule has 1 saturated carbocycles. The normalized spacial score (nSPS) is 14.9. The molecule has 1 aliphatic rings. The molecule has 27 heavy (non-hydrogen) atoms. The van der Waals surface area contributed by atoms with Crippen molar-refractivity contribution in [2.45, 2.75) is 33.2 Å². The summed E-state index contributed by atoms with van der Waals surface area (Å²) in [6, 6.07) is 8.18. The number of aryl methyl sites for hydroxylation is 2. The number of H-pyrrole nitrogens is 1. The molecule has 140 valence electrons. The molecular formula is C20H22FN5O. The summed E-state index contributed by atoms with van der Waals surface area (Å²) >= 11 is 0. The Hall–Kier alpha value is -2.96. The molecule has 1 amide bonds. The largest absolute Gasteiger partial charge is 0.351 e. The Kier molecular flexibility index (Phi) is 4.30. The van der Waals surface area contributed by atoms with Gasteiger partial charge in [-0.2, -0.15) is 10.2 Å². The van der Waals surface area contributed by atoms with Crippen LogP contribution < -0.4 is 5.32 Å². The Morgan fingerprint density at radius 2 is 2.15 bits per heavy atom. The maximum atomic E-state index is 13.5. The van der Waals surface area contributed by atoms with Crippen LogP contribution in [0.2, 0.25) is 0 Å². The highest BCUT2D eigenvalue weighted by Crippen LogP contribution is 2.46. The Morgan fingerprint density at radius 3 is 2.81 bits per heavy atom. The van der Waals surface area contributed by atoms with Crippen molar-refractivity contribution in [1.29, 1.82) is 0 Å². The van der Waals surface area contributed by atoms with Gasteiger partial charge in [-0.15, -0.1) is 0 Å². The second-order valence-corrected chi connectivity index (χ2v) is 7.44. The highest BCUT2D eigenvalue weighted by atomic mass is 19.1. The second-order valence-electron chi connectivity index (χ2n) is 7.44. The minimum atomic E-state index is -0.352. The second kappa shape index (κ2) is 6.64. The highest BCUT2D eigenvalue weighted by Gasteiger charge is 2.43. The first-order valence-corrected chi connectivity index (χ1v) is 9.04. The minimum absolute atomic E-state index is 0.0572. The van der Waals surface area contributed by atoms with Crippen LogP contribution in [-0.2, 0) is 6.54 Å². The number of rotatable bonds is 6. The summed E-state index contributed by atoms with van der Waals surface area (Å²) in [6.07, 6.45) is 3.61. The van der Waals surface area contributed by atoms with Gasteiger partial charge in [0.1, 0.15) is 5.82 Å². The molecule has 0 atom stereocenters. The molecule has 0 radical (unpaired) electrons. The van der Waals surface area contributed by atoms with Crippen molar-refractivity contribution < 1.29 is 9.18 Å². The van der Waals surface area contributed by atoms with Crippen LogP contribution in [0.1, 0.15) is 34.6 Å². The first-order chi connectivity index (χ1) is 13.0. The standard InChI is InChI=1S/C20H22FN5O/c1-13-8-14(2)26(25-13)12-20(6-7-20)11-22-19(27)17-10-23-24-18(17)15-4-3-5-16(21)9-15/h3-5,8-10H,6-7,11-12H2,1-2H3,(H,22,27)(H,23,24). The van der Waals surface area contributed by atoms with Gasteiger partial charge < -0.3 is 5.32 Å². The number of halogens is 1. The lowest BCUT2D eigenvalue weighted by Gasteiger charge is -2.17. The first-order valence-electron chi connectivity index (χ1n) is 9.04. The van der Waals surface area contributed by atoms with Crippen LogP contribution in [0.5, 0.6) is 0 Å². The van der Waals surface area contributed by atoms with Crippen LogP contribution >= 0.6 is 0 Å². The lowest BCUT2D eigenvalue weighted by atomic mass is 10.1. The zero-order chi connectivity index (χ0) is 19.0. The van der Waals surface area contributed by atoms with Gasteiger partial charge in [0.25, 0.3) is 5.91 Å². The maximum Gasteiger partial charge on any atom is 0.255 e. The van der Waals surface area contributed by atoms with E-state index in [0.29, 0.717) is 23.4 Å². The summed E-state index contributed by atoms with van der Waals surface area (Å²) in [5, 5.41) is 14.3. The quantitative estimate of drug-likeness (QED) is 0.702. The summed E-state index contributed by atoms with van der Waals surface area (Å²) in [4.78, 5) is 12.7. The van der Waals surface area contributed by atoms with Crippen LogP contribution in [0, 0.1) is 25.1 Å². The molecule has 0 saturated heterocycles. The molecule has 0 spiro atoms. The average molecular weight is 367 g/mol. The molecule has 7 heteroatoms. The van der Waals surface area contributed by atoms with Crippen molar-refractivity contribution >= 4 is 5.91 Å². The summed E-state index contributed by atoms with van der Waals surface area (Å²) in [5.74, 6) is -0.557.